The Hall–Kier alpha value is -2.81. The Morgan fingerprint density at radius 1 is 0.955 bits per heavy atom. The fourth-order valence-electron chi connectivity index (χ4n) is 2.37. The zero-order valence-corrected chi connectivity index (χ0v) is 12.4. The van der Waals surface area contributed by atoms with Gasteiger partial charge in [0.1, 0.15) is 12.4 Å². The van der Waals surface area contributed by atoms with Gasteiger partial charge < -0.3 is 9.72 Å². The molecule has 3 rings (SSSR count). The zero-order chi connectivity index (χ0) is 15.4. The van der Waals surface area contributed by atoms with Gasteiger partial charge in [-0.25, -0.2) is 0 Å². The standard InChI is InChI=1S/C19H17NO2/c1-14-12-16(22-13-15-6-3-2-4-7-15)10-11-17(14)18-8-5-9-19(21)20-18/h2-12H,13H2,1H3,(H,20,21). The van der Waals surface area contributed by atoms with Crippen LogP contribution in [0, 0.1) is 6.92 Å². The number of nitrogens with one attached hydrogen (secondary N) is 1. The highest BCUT2D eigenvalue weighted by molar-refractivity contribution is 5.64. The first kappa shape index (κ1) is 14.1. The highest BCUT2D eigenvalue weighted by Crippen LogP contribution is 2.25. The second-order valence-electron chi connectivity index (χ2n) is 5.18. The number of hydrogen-bond acceptors (Lipinski definition) is 2. The van der Waals surface area contributed by atoms with Crippen LogP contribution in [0.4, 0.5) is 0 Å². The van der Waals surface area contributed by atoms with E-state index in [1.165, 1.54) is 6.07 Å². The summed E-state index contributed by atoms with van der Waals surface area (Å²) in [7, 11) is 0. The number of H-pyrrole nitrogens is 1. The van der Waals surface area contributed by atoms with Gasteiger partial charge in [0.15, 0.2) is 0 Å². The van der Waals surface area contributed by atoms with Crippen molar-refractivity contribution < 1.29 is 4.74 Å². The first-order valence-corrected chi connectivity index (χ1v) is 7.19. The molecule has 1 heterocycles. The third-order valence-electron chi connectivity index (χ3n) is 3.50. The minimum Gasteiger partial charge on any atom is -0.489 e. The van der Waals surface area contributed by atoms with Gasteiger partial charge in [-0.3, -0.25) is 4.79 Å². The molecule has 0 saturated carbocycles. The summed E-state index contributed by atoms with van der Waals surface area (Å²) in [6, 6.07) is 21.1. The van der Waals surface area contributed by atoms with Crippen LogP contribution in [0.25, 0.3) is 11.3 Å². The molecule has 3 nitrogen and oxygen atoms in total. The van der Waals surface area contributed by atoms with Crippen LogP contribution < -0.4 is 10.3 Å². The van der Waals surface area contributed by atoms with Crippen molar-refractivity contribution in [2.45, 2.75) is 13.5 Å². The van der Waals surface area contributed by atoms with Crippen molar-refractivity contribution in [3.8, 4) is 17.0 Å². The summed E-state index contributed by atoms with van der Waals surface area (Å²) in [5.74, 6) is 0.823. The van der Waals surface area contributed by atoms with Gasteiger partial charge in [0, 0.05) is 17.3 Å². The predicted octanol–water partition coefficient (Wildman–Crippen LogP) is 3.93. The lowest BCUT2D eigenvalue weighted by molar-refractivity contribution is 0.306. The molecule has 1 aromatic heterocycles. The number of aromatic nitrogens is 1. The number of aromatic amines is 1. The molecule has 0 bridgehead atoms. The van der Waals surface area contributed by atoms with E-state index >= 15 is 0 Å². The van der Waals surface area contributed by atoms with Crippen molar-refractivity contribution in [1.82, 2.24) is 4.98 Å². The molecular formula is C19H17NO2. The van der Waals surface area contributed by atoms with E-state index < -0.39 is 0 Å². The molecule has 0 aliphatic rings. The van der Waals surface area contributed by atoms with Crippen molar-refractivity contribution in [3.63, 3.8) is 0 Å². The monoisotopic (exact) mass is 291 g/mol. The molecule has 0 amide bonds. The molecule has 0 aliphatic heterocycles. The number of aryl methyl sites for hydroxylation is 1. The maximum atomic E-state index is 11.4. The predicted molar refractivity (Wildman–Crippen MR) is 88.0 cm³/mol. The lowest BCUT2D eigenvalue weighted by Gasteiger charge is -2.10. The van der Waals surface area contributed by atoms with E-state index in [0.29, 0.717) is 6.61 Å². The Morgan fingerprint density at radius 3 is 2.50 bits per heavy atom. The Balaban J connectivity index is 1.79. The minimum absolute atomic E-state index is 0.0960. The SMILES string of the molecule is Cc1cc(OCc2ccccc2)ccc1-c1cccc(=O)[nH]1. The number of rotatable bonds is 4. The lowest BCUT2D eigenvalue weighted by atomic mass is 10.0. The Kier molecular flexibility index (Phi) is 4.05. The highest BCUT2D eigenvalue weighted by atomic mass is 16.5. The molecule has 0 unspecified atom stereocenters. The number of pyridine rings is 1. The van der Waals surface area contributed by atoms with Gasteiger partial charge in [-0.2, -0.15) is 0 Å². The van der Waals surface area contributed by atoms with E-state index in [2.05, 4.69) is 4.98 Å². The summed E-state index contributed by atoms with van der Waals surface area (Å²) in [5.41, 5.74) is 3.93. The van der Waals surface area contributed by atoms with Gasteiger partial charge in [-0.05, 0) is 42.3 Å². The Bertz CT molecular complexity index is 822. The van der Waals surface area contributed by atoms with E-state index in [9.17, 15) is 4.79 Å². The summed E-state index contributed by atoms with van der Waals surface area (Å²) >= 11 is 0. The van der Waals surface area contributed by atoms with Crippen LogP contribution in [0.3, 0.4) is 0 Å². The summed E-state index contributed by atoms with van der Waals surface area (Å²) in [5, 5.41) is 0. The minimum atomic E-state index is -0.0960. The fourth-order valence-corrected chi connectivity index (χ4v) is 2.37. The van der Waals surface area contributed by atoms with Gasteiger partial charge in [-0.1, -0.05) is 36.4 Å². The average Bonchev–Trinajstić information content (AvgIpc) is 2.54. The van der Waals surface area contributed by atoms with Crippen LogP contribution in [-0.4, -0.2) is 4.98 Å². The van der Waals surface area contributed by atoms with Crippen molar-refractivity contribution in [1.29, 1.82) is 0 Å². The summed E-state index contributed by atoms with van der Waals surface area (Å²) < 4.78 is 5.82. The molecule has 22 heavy (non-hydrogen) atoms. The quantitative estimate of drug-likeness (QED) is 0.791. The third kappa shape index (κ3) is 3.26. The van der Waals surface area contributed by atoms with Crippen LogP contribution >= 0.6 is 0 Å². The summed E-state index contributed by atoms with van der Waals surface area (Å²) in [6.07, 6.45) is 0. The molecule has 0 atom stereocenters. The molecule has 3 heteroatoms. The van der Waals surface area contributed by atoms with Gasteiger partial charge in [-0.15, -0.1) is 0 Å². The zero-order valence-electron chi connectivity index (χ0n) is 12.4. The molecule has 3 aromatic rings. The van der Waals surface area contributed by atoms with E-state index in [1.807, 2.05) is 61.5 Å². The molecule has 0 aliphatic carbocycles. The molecule has 1 N–H and O–H groups in total. The van der Waals surface area contributed by atoms with Crippen LogP contribution in [0.5, 0.6) is 5.75 Å². The van der Waals surface area contributed by atoms with Gasteiger partial charge in [0.2, 0.25) is 5.56 Å². The Morgan fingerprint density at radius 2 is 1.77 bits per heavy atom. The third-order valence-corrected chi connectivity index (χ3v) is 3.50. The smallest absolute Gasteiger partial charge is 0.248 e. The van der Waals surface area contributed by atoms with Gasteiger partial charge in [0.25, 0.3) is 0 Å². The lowest BCUT2D eigenvalue weighted by Crippen LogP contribution is -2.04. The van der Waals surface area contributed by atoms with E-state index in [-0.39, 0.29) is 5.56 Å². The summed E-state index contributed by atoms with van der Waals surface area (Å²) in [4.78, 5) is 14.3. The maximum Gasteiger partial charge on any atom is 0.248 e. The second-order valence-corrected chi connectivity index (χ2v) is 5.18. The number of benzene rings is 2. The molecule has 2 aromatic carbocycles. The molecule has 110 valence electrons. The largest absolute Gasteiger partial charge is 0.489 e. The van der Waals surface area contributed by atoms with Crippen LogP contribution in [-0.2, 0) is 6.61 Å². The molecule has 0 saturated heterocycles. The maximum absolute atomic E-state index is 11.4. The van der Waals surface area contributed by atoms with Crippen LogP contribution in [0.15, 0.2) is 71.5 Å². The van der Waals surface area contributed by atoms with Crippen molar-refractivity contribution in [2.24, 2.45) is 0 Å². The van der Waals surface area contributed by atoms with Crippen LogP contribution in [0.2, 0.25) is 0 Å². The topological polar surface area (TPSA) is 42.1 Å². The van der Waals surface area contributed by atoms with Crippen molar-refractivity contribution in [2.75, 3.05) is 0 Å². The first-order chi connectivity index (χ1) is 10.7. The highest BCUT2D eigenvalue weighted by Gasteiger charge is 2.04. The van der Waals surface area contributed by atoms with Crippen LogP contribution in [0.1, 0.15) is 11.1 Å². The number of hydrogen-bond donors (Lipinski definition) is 1. The first-order valence-electron chi connectivity index (χ1n) is 7.19. The molecule has 0 radical (unpaired) electrons. The molecule has 0 fully saturated rings. The molecular weight excluding hydrogens is 274 g/mol. The van der Waals surface area contributed by atoms with Gasteiger partial charge in [0.05, 0.1) is 0 Å². The number of ether oxygens (including phenoxy) is 1. The van der Waals surface area contributed by atoms with E-state index in [4.69, 9.17) is 4.74 Å². The normalized spacial score (nSPS) is 10.4. The second kappa shape index (κ2) is 6.31. The van der Waals surface area contributed by atoms with Crippen molar-refractivity contribution >= 4 is 0 Å². The molecule has 0 spiro atoms. The van der Waals surface area contributed by atoms with Gasteiger partial charge >= 0.3 is 0 Å². The van der Waals surface area contributed by atoms with E-state index in [1.54, 1.807) is 6.07 Å². The van der Waals surface area contributed by atoms with Crippen molar-refractivity contribution in [3.05, 3.63) is 88.2 Å². The average molecular weight is 291 g/mol. The Labute approximate surface area is 129 Å². The summed E-state index contributed by atoms with van der Waals surface area (Å²) in [6.45, 7) is 2.55. The van der Waals surface area contributed by atoms with E-state index in [0.717, 1.165) is 28.1 Å². The fraction of sp³-hybridized carbons (Fsp3) is 0.105.